The standard InChI is InChI=1S/C13H23N3O3/c1-5(17)8-4-9(14)11(12(15)7(3)19)10(6(2)18)13(8)16/h4-7,12,17-19H,14-16H2,1-3H3. The maximum absolute atomic E-state index is 9.89. The SMILES string of the molecule is CC(O)c1cc(N)c(C(N)C(C)O)c(C(C)O)c1N. The van der Waals surface area contributed by atoms with Crippen molar-refractivity contribution in [3.63, 3.8) is 0 Å². The Labute approximate surface area is 112 Å². The molecule has 108 valence electrons. The number of anilines is 2. The van der Waals surface area contributed by atoms with Crippen LogP contribution in [0.5, 0.6) is 0 Å². The lowest BCUT2D eigenvalue weighted by Crippen LogP contribution is -2.27. The summed E-state index contributed by atoms with van der Waals surface area (Å²) in [5.41, 5.74) is 19.6. The Balaban J connectivity index is 3.59. The third-order valence-corrected chi connectivity index (χ3v) is 3.23. The molecule has 1 aromatic carbocycles. The summed E-state index contributed by atoms with van der Waals surface area (Å²) in [5.74, 6) is 0. The van der Waals surface area contributed by atoms with Crippen molar-refractivity contribution < 1.29 is 15.3 Å². The van der Waals surface area contributed by atoms with Gasteiger partial charge < -0.3 is 32.5 Å². The quantitative estimate of drug-likeness (QED) is 0.436. The predicted octanol–water partition coefficient (Wildman–Crippen LogP) is 0.338. The molecule has 1 aromatic rings. The van der Waals surface area contributed by atoms with Crippen LogP contribution in [0, 0.1) is 0 Å². The zero-order valence-electron chi connectivity index (χ0n) is 11.5. The highest BCUT2D eigenvalue weighted by molar-refractivity contribution is 5.68. The topological polar surface area (TPSA) is 139 Å². The van der Waals surface area contributed by atoms with Crippen LogP contribution < -0.4 is 17.2 Å². The number of nitrogen functional groups attached to an aromatic ring is 2. The fourth-order valence-electron chi connectivity index (χ4n) is 2.19. The van der Waals surface area contributed by atoms with Gasteiger partial charge in [0.05, 0.1) is 24.4 Å². The zero-order valence-corrected chi connectivity index (χ0v) is 11.5. The Bertz CT molecular complexity index is 459. The highest BCUT2D eigenvalue weighted by atomic mass is 16.3. The fourth-order valence-corrected chi connectivity index (χ4v) is 2.19. The molecular weight excluding hydrogens is 246 g/mol. The van der Waals surface area contributed by atoms with Crippen LogP contribution in [-0.4, -0.2) is 21.4 Å². The maximum atomic E-state index is 9.89. The van der Waals surface area contributed by atoms with Gasteiger partial charge in [-0.3, -0.25) is 0 Å². The molecule has 6 nitrogen and oxygen atoms in total. The van der Waals surface area contributed by atoms with Crippen LogP contribution in [0.2, 0.25) is 0 Å². The van der Waals surface area contributed by atoms with Crippen LogP contribution in [0.4, 0.5) is 11.4 Å². The number of aliphatic hydroxyl groups is 3. The van der Waals surface area contributed by atoms with Crippen molar-refractivity contribution in [2.75, 3.05) is 11.5 Å². The Morgan fingerprint density at radius 3 is 1.84 bits per heavy atom. The van der Waals surface area contributed by atoms with Gasteiger partial charge in [0.25, 0.3) is 0 Å². The van der Waals surface area contributed by atoms with Crippen molar-refractivity contribution in [3.05, 3.63) is 22.8 Å². The minimum absolute atomic E-state index is 0.255. The Morgan fingerprint density at radius 2 is 1.47 bits per heavy atom. The van der Waals surface area contributed by atoms with Crippen molar-refractivity contribution in [1.82, 2.24) is 0 Å². The molecule has 6 heteroatoms. The molecule has 0 heterocycles. The van der Waals surface area contributed by atoms with Gasteiger partial charge in [-0.2, -0.15) is 0 Å². The fraction of sp³-hybridized carbons (Fsp3) is 0.538. The molecule has 9 N–H and O–H groups in total. The van der Waals surface area contributed by atoms with Gasteiger partial charge >= 0.3 is 0 Å². The first-order valence-corrected chi connectivity index (χ1v) is 6.19. The molecule has 0 aliphatic rings. The molecule has 0 aromatic heterocycles. The molecule has 0 bridgehead atoms. The normalized spacial score (nSPS) is 17.8. The number of hydrogen-bond donors (Lipinski definition) is 6. The van der Waals surface area contributed by atoms with E-state index in [2.05, 4.69) is 0 Å². The molecule has 0 saturated heterocycles. The zero-order chi connectivity index (χ0) is 14.9. The predicted molar refractivity (Wildman–Crippen MR) is 75.1 cm³/mol. The largest absolute Gasteiger partial charge is 0.398 e. The van der Waals surface area contributed by atoms with E-state index >= 15 is 0 Å². The monoisotopic (exact) mass is 269 g/mol. The summed E-state index contributed by atoms with van der Waals surface area (Å²) in [5, 5.41) is 29.2. The number of hydrogen-bond acceptors (Lipinski definition) is 6. The van der Waals surface area contributed by atoms with E-state index < -0.39 is 24.4 Å². The van der Waals surface area contributed by atoms with Crippen LogP contribution in [0.25, 0.3) is 0 Å². The summed E-state index contributed by atoms with van der Waals surface area (Å²) in [6.07, 6.45) is -2.55. The first kappa shape index (κ1) is 15.7. The lowest BCUT2D eigenvalue weighted by molar-refractivity contribution is 0.159. The van der Waals surface area contributed by atoms with Crippen molar-refractivity contribution >= 4 is 11.4 Å². The third-order valence-electron chi connectivity index (χ3n) is 3.23. The van der Waals surface area contributed by atoms with Crippen molar-refractivity contribution in [2.45, 2.75) is 45.1 Å². The second-order valence-corrected chi connectivity index (χ2v) is 4.91. The Hall–Kier alpha value is -1.34. The van der Waals surface area contributed by atoms with E-state index in [9.17, 15) is 15.3 Å². The summed E-state index contributed by atoms with van der Waals surface area (Å²) in [4.78, 5) is 0. The van der Waals surface area contributed by atoms with Gasteiger partial charge in [-0.15, -0.1) is 0 Å². The molecule has 19 heavy (non-hydrogen) atoms. The van der Waals surface area contributed by atoms with E-state index in [1.165, 1.54) is 19.9 Å². The van der Waals surface area contributed by atoms with Gasteiger partial charge in [0.1, 0.15) is 0 Å². The molecule has 4 atom stereocenters. The first-order valence-electron chi connectivity index (χ1n) is 6.19. The summed E-state index contributed by atoms with van der Waals surface area (Å²) >= 11 is 0. The molecule has 0 aliphatic heterocycles. The average Bonchev–Trinajstić information content (AvgIpc) is 2.29. The first-order chi connectivity index (χ1) is 8.68. The Kier molecular flexibility index (Phi) is 4.75. The molecule has 0 saturated carbocycles. The lowest BCUT2D eigenvalue weighted by atomic mass is 9.88. The molecule has 0 fully saturated rings. The second-order valence-electron chi connectivity index (χ2n) is 4.91. The number of rotatable bonds is 4. The van der Waals surface area contributed by atoms with Gasteiger partial charge in [0, 0.05) is 28.1 Å². The van der Waals surface area contributed by atoms with Crippen LogP contribution >= 0.6 is 0 Å². The summed E-state index contributed by atoms with van der Waals surface area (Å²) in [6, 6.07) is 0.777. The highest BCUT2D eigenvalue weighted by Gasteiger charge is 2.26. The molecule has 0 radical (unpaired) electrons. The third kappa shape index (κ3) is 2.98. The highest BCUT2D eigenvalue weighted by Crippen LogP contribution is 2.38. The van der Waals surface area contributed by atoms with Gasteiger partial charge in [-0.25, -0.2) is 0 Å². The molecular formula is C13H23N3O3. The number of nitrogens with two attached hydrogens (primary N) is 3. The summed E-state index contributed by atoms with van der Waals surface area (Å²) in [7, 11) is 0. The molecule has 0 aliphatic carbocycles. The van der Waals surface area contributed by atoms with E-state index in [0.29, 0.717) is 22.4 Å². The number of aliphatic hydroxyl groups excluding tert-OH is 3. The molecule has 4 unspecified atom stereocenters. The average molecular weight is 269 g/mol. The van der Waals surface area contributed by atoms with Gasteiger partial charge in [0.2, 0.25) is 0 Å². The van der Waals surface area contributed by atoms with E-state index in [1.54, 1.807) is 6.92 Å². The van der Waals surface area contributed by atoms with E-state index in [1.807, 2.05) is 0 Å². The van der Waals surface area contributed by atoms with Gasteiger partial charge in [-0.1, -0.05) is 0 Å². The van der Waals surface area contributed by atoms with E-state index in [4.69, 9.17) is 17.2 Å². The molecule has 1 rings (SSSR count). The lowest BCUT2D eigenvalue weighted by Gasteiger charge is -2.26. The van der Waals surface area contributed by atoms with Crippen molar-refractivity contribution in [2.24, 2.45) is 5.73 Å². The van der Waals surface area contributed by atoms with Crippen molar-refractivity contribution in [3.8, 4) is 0 Å². The second kappa shape index (κ2) is 5.75. The van der Waals surface area contributed by atoms with Crippen molar-refractivity contribution in [1.29, 1.82) is 0 Å². The molecule has 0 amide bonds. The van der Waals surface area contributed by atoms with Crippen LogP contribution in [0.1, 0.15) is 55.7 Å². The van der Waals surface area contributed by atoms with E-state index in [-0.39, 0.29) is 5.69 Å². The van der Waals surface area contributed by atoms with Gasteiger partial charge in [-0.05, 0) is 26.8 Å². The minimum atomic E-state index is -0.902. The summed E-state index contributed by atoms with van der Waals surface area (Å²) < 4.78 is 0. The van der Waals surface area contributed by atoms with Crippen LogP contribution in [0.15, 0.2) is 6.07 Å². The van der Waals surface area contributed by atoms with E-state index in [0.717, 1.165) is 0 Å². The smallest absolute Gasteiger partial charge is 0.0786 e. The summed E-state index contributed by atoms with van der Waals surface area (Å²) in [6.45, 7) is 4.63. The maximum Gasteiger partial charge on any atom is 0.0786 e. The van der Waals surface area contributed by atoms with Gasteiger partial charge in [0.15, 0.2) is 0 Å². The number of benzene rings is 1. The van der Waals surface area contributed by atoms with Crippen LogP contribution in [0.3, 0.4) is 0 Å². The molecule has 0 spiro atoms. The Morgan fingerprint density at radius 1 is 0.947 bits per heavy atom. The minimum Gasteiger partial charge on any atom is -0.398 e. The van der Waals surface area contributed by atoms with Crippen LogP contribution in [-0.2, 0) is 0 Å².